The molecule has 68 valence electrons. The highest BCUT2D eigenvalue weighted by Crippen LogP contribution is 2.37. The Morgan fingerprint density at radius 3 is 2.92 bits per heavy atom. The topological polar surface area (TPSA) is 0 Å². The van der Waals surface area contributed by atoms with Crippen molar-refractivity contribution >= 4 is 64.9 Å². The van der Waals surface area contributed by atoms with Crippen LogP contribution >= 0.6 is 54.8 Å². The molecule has 0 unspecified atom stereocenters. The summed E-state index contributed by atoms with van der Waals surface area (Å²) < 4.78 is 2.29. The summed E-state index contributed by atoms with van der Waals surface area (Å²) in [5, 5.41) is 4.91. The van der Waals surface area contributed by atoms with Crippen LogP contribution in [0.4, 0.5) is 0 Å². The highest BCUT2D eigenvalue weighted by atomic mass is 79.9. The molecule has 0 aliphatic carbocycles. The van der Waals surface area contributed by atoms with E-state index in [0.29, 0.717) is 0 Å². The summed E-state index contributed by atoms with van der Waals surface area (Å²) in [5.74, 6) is 0. The molecule has 0 atom stereocenters. The summed E-state index contributed by atoms with van der Waals surface area (Å²) in [7, 11) is 0. The molecular formula is C9H5Br2ClS. The average molecular weight is 340 g/mol. The number of benzene rings is 1. The molecule has 0 saturated heterocycles. The fraction of sp³-hybridized carbons (Fsp3) is 0.111. The number of thiophene rings is 1. The molecule has 0 aliphatic rings. The minimum Gasteiger partial charge on any atom is -0.142 e. The van der Waals surface area contributed by atoms with Gasteiger partial charge in [0, 0.05) is 15.2 Å². The van der Waals surface area contributed by atoms with E-state index >= 15 is 0 Å². The second-order valence-corrected chi connectivity index (χ2v) is 5.31. The standard InChI is InChI=1S/C9H5Br2ClS/c10-4-5-3-7(12)9-6(8(5)11)1-2-13-9/h1-3H,4H2. The summed E-state index contributed by atoms with van der Waals surface area (Å²) in [5.41, 5.74) is 1.19. The summed E-state index contributed by atoms with van der Waals surface area (Å²) in [6, 6.07) is 4.08. The van der Waals surface area contributed by atoms with E-state index in [1.165, 1.54) is 10.9 Å². The first kappa shape index (κ1) is 9.97. The maximum atomic E-state index is 6.12. The van der Waals surface area contributed by atoms with Crippen molar-refractivity contribution in [1.82, 2.24) is 0 Å². The van der Waals surface area contributed by atoms with Crippen molar-refractivity contribution in [3.8, 4) is 0 Å². The quantitative estimate of drug-likeness (QED) is 0.625. The molecule has 13 heavy (non-hydrogen) atoms. The largest absolute Gasteiger partial charge is 0.142 e. The van der Waals surface area contributed by atoms with Crippen LogP contribution in [0.2, 0.25) is 5.02 Å². The van der Waals surface area contributed by atoms with Gasteiger partial charge in [-0.05, 0) is 39.0 Å². The molecule has 0 radical (unpaired) electrons. The molecule has 1 aromatic carbocycles. The van der Waals surface area contributed by atoms with Gasteiger partial charge in [-0.1, -0.05) is 27.5 Å². The molecular weight excluding hydrogens is 335 g/mol. The number of rotatable bonds is 1. The van der Waals surface area contributed by atoms with E-state index in [9.17, 15) is 0 Å². The Balaban J connectivity index is 2.85. The molecule has 1 aromatic heterocycles. The predicted molar refractivity (Wildman–Crippen MR) is 67.2 cm³/mol. The molecule has 0 bridgehead atoms. The summed E-state index contributed by atoms with van der Waals surface area (Å²) in [6.45, 7) is 0. The van der Waals surface area contributed by atoms with Crippen LogP contribution < -0.4 is 0 Å². The van der Waals surface area contributed by atoms with Gasteiger partial charge in [0.2, 0.25) is 0 Å². The van der Waals surface area contributed by atoms with E-state index in [-0.39, 0.29) is 0 Å². The Kier molecular flexibility index (Phi) is 2.98. The maximum absolute atomic E-state index is 6.12. The first-order chi connectivity index (χ1) is 6.24. The van der Waals surface area contributed by atoms with Gasteiger partial charge in [0.05, 0.1) is 9.72 Å². The van der Waals surface area contributed by atoms with Crippen LogP contribution in [0.5, 0.6) is 0 Å². The molecule has 0 nitrogen and oxygen atoms in total. The monoisotopic (exact) mass is 338 g/mol. The van der Waals surface area contributed by atoms with E-state index in [1.54, 1.807) is 11.3 Å². The van der Waals surface area contributed by atoms with Crippen molar-refractivity contribution in [3.05, 3.63) is 32.6 Å². The van der Waals surface area contributed by atoms with E-state index in [1.807, 2.05) is 6.07 Å². The van der Waals surface area contributed by atoms with Crippen molar-refractivity contribution in [2.75, 3.05) is 0 Å². The highest BCUT2D eigenvalue weighted by Gasteiger charge is 2.08. The van der Waals surface area contributed by atoms with Gasteiger partial charge in [0.15, 0.2) is 0 Å². The average Bonchev–Trinajstić information content (AvgIpc) is 2.60. The van der Waals surface area contributed by atoms with Crippen molar-refractivity contribution < 1.29 is 0 Å². The molecule has 0 fully saturated rings. The van der Waals surface area contributed by atoms with Crippen LogP contribution in [0, 0.1) is 0 Å². The highest BCUT2D eigenvalue weighted by molar-refractivity contribution is 9.11. The smallest absolute Gasteiger partial charge is 0.0588 e. The molecule has 0 amide bonds. The zero-order valence-corrected chi connectivity index (χ0v) is 11.2. The Morgan fingerprint density at radius 2 is 2.23 bits per heavy atom. The molecule has 0 saturated carbocycles. The lowest BCUT2D eigenvalue weighted by atomic mass is 10.2. The third kappa shape index (κ3) is 1.67. The normalized spacial score (nSPS) is 11.0. The lowest BCUT2D eigenvalue weighted by Gasteiger charge is -2.03. The van der Waals surface area contributed by atoms with Gasteiger partial charge in [-0.25, -0.2) is 0 Å². The second-order valence-electron chi connectivity index (χ2n) is 2.63. The third-order valence-corrected chi connectivity index (χ3v) is 4.74. The van der Waals surface area contributed by atoms with Crippen molar-refractivity contribution in [2.45, 2.75) is 5.33 Å². The first-order valence-corrected chi connectivity index (χ1v) is 6.81. The van der Waals surface area contributed by atoms with Crippen LogP contribution in [0.15, 0.2) is 22.0 Å². The van der Waals surface area contributed by atoms with Gasteiger partial charge in [0.1, 0.15) is 0 Å². The van der Waals surface area contributed by atoms with Gasteiger partial charge in [-0.3, -0.25) is 0 Å². The molecule has 0 aliphatic heterocycles. The molecule has 1 heterocycles. The van der Waals surface area contributed by atoms with Crippen molar-refractivity contribution in [3.63, 3.8) is 0 Å². The van der Waals surface area contributed by atoms with Crippen molar-refractivity contribution in [2.24, 2.45) is 0 Å². The maximum Gasteiger partial charge on any atom is 0.0588 e. The van der Waals surface area contributed by atoms with Crippen LogP contribution in [0.1, 0.15) is 5.56 Å². The summed E-state index contributed by atoms with van der Waals surface area (Å²) in [4.78, 5) is 0. The van der Waals surface area contributed by atoms with Gasteiger partial charge >= 0.3 is 0 Å². The Bertz CT molecular complexity index is 450. The first-order valence-electron chi connectivity index (χ1n) is 3.64. The van der Waals surface area contributed by atoms with E-state index in [4.69, 9.17) is 11.6 Å². The fourth-order valence-electron chi connectivity index (χ4n) is 1.22. The molecule has 2 rings (SSSR count). The van der Waals surface area contributed by atoms with Crippen molar-refractivity contribution in [1.29, 1.82) is 0 Å². The van der Waals surface area contributed by atoms with Gasteiger partial charge in [-0.15, -0.1) is 11.3 Å². The zero-order chi connectivity index (χ0) is 9.42. The van der Waals surface area contributed by atoms with Gasteiger partial charge in [0.25, 0.3) is 0 Å². The summed E-state index contributed by atoms with van der Waals surface area (Å²) >= 11 is 14.8. The number of halogens is 3. The Labute approximate surface area is 102 Å². The number of hydrogen-bond acceptors (Lipinski definition) is 1. The van der Waals surface area contributed by atoms with E-state index in [0.717, 1.165) is 19.5 Å². The lowest BCUT2D eigenvalue weighted by molar-refractivity contribution is 1.44. The number of alkyl halides is 1. The lowest BCUT2D eigenvalue weighted by Crippen LogP contribution is -1.81. The van der Waals surface area contributed by atoms with Crippen LogP contribution in [-0.2, 0) is 5.33 Å². The minimum absolute atomic E-state index is 0.819. The Morgan fingerprint density at radius 1 is 1.46 bits per heavy atom. The number of fused-ring (bicyclic) bond motifs is 1. The fourth-order valence-corrected chi connectivity index (χ4v) is 3.93. The van der Waals surface area contributed by atoms with E-state index < -0.39 is 0 Å². The minimum atomic E-state index is 0.819. The Hall–Kier alpha value is 0.430. The van der Waals surface area contributed by atoms with Crippen LogP contribution in [0.25, 0.3) is 10.1 Å². The SMILES string of the molecule is Clc1cc(CBr)c(Br)c2ccsc12. The second kappa shape index (κ2) is 3.89. The zero-order valence-electron chi connectivity index (χ0n) is 6.48. The van der Waals surface area contributed by atoms with Gasteiger partial charge in [-0.2, -0.15) is 0 Å². The van der Waals surface area contributed by atoms with Crippen LogP contribution in [0.3, 0.4) is 0 Å². The molecule has 2 aromatic rings. The van der Waals surface area contributed by atoms with Gasteiger partial charge < -0.3 is 0 Å². The summed E-state index contributed by atoms with van der Waals surface area (Å²) in [6.07, 6.45) is 0. The van der Waals surface area contributed by atoms with Crippen LogP contribution in [-0.4, -0.2) is 0 Å². The predicted octanol–water partition coefficient (Wildman–Crippen LogP) is 5.21. The number of hydrogen-bond donors (Lipinski definition) is 0. The molecule has 0 N–H and O–H groups in total. The third-order valence-electron chi connectivity index (χ3n) is 1.85. The van der Waals surface area contributed by atoms with E-state index in [2.05, 4.69) is 43.3 Å². The molecule has 4 heteroatoms. The molecule has 0 spiro atoms.